The molecule has 4 rings (SSSR count). The standard InChI is InChI=1S/C22H26N6O3/c1-14(2)20-25-24-18-8-9-19(26-28(18)20)27-12-10-15(11-13-27)21(29)23-17-6-4-16(5-7-17)22(30)31-3/h4-9,14-15H,10-13H2,1-3H3,(H,23,29). The molecule has 0 unspecified atom stereocenters. The van der Waals surface area contributed by atoms with Crippen LogP contribution in [0.5, 0.6) is 0 Å². The van der Waals surface area contributed by atoms with Crippen LogP contribution in [0.3, 0.4) is 0 Å². The number of nitrogens with one attached hydrogen (secondary N) is 1. The number of methoxy groups -OCH3 is 1. The number of ether oxygens (including phenoxy) is 1. The fourth-order valence-electron chi connectivity index (χ4n) is 3.75. The van der Waals surface area contributed by atoms with Crippen LogP contribution in [0.2, 0.25) is 0 Å². The number of hydrogen-bond acceptors (Lipinski definition) is 7. The van der Waals surface area contributed by atoms with E-state index in [1.54, 1.807) is 28.8 Å². The molecule has 0 radical (unpaired) electrons. The second-order valence-electron chi connectivity index (χ2n) is 7.99. The molecule has 1 aliphatic rings. The smallest absolute Gasteiger partial charge is 0.337 e. The molecule has 2 aromatic heterocycles. The number of aromatic nitrogens is 4. The lowest BCUT2D eigenvalue weighted by Gasteiger charge is -2.32. The van der Waals surface area contributed by atoms with Crippen LogP contribution in [0, 0.1) is 5.92 Å². The molecular weight excluding hydrogens is 396 g/mol. The highest BCUT2D eigenvalue weighted by Gasteiger charge is 2.26. The summed E-state index contributed by atoms with van der Waals surface area (Å²) in [5, 5.41) is 16.1. The van der Waals surface area contributed by atoms with Gasteiger partial charge in [0.25, 0.3) is 0 Å². The zero-order valence-corrected chi connectivity index (χ0v) is 17.9. The Labute approximate surface area is 180 Å². The van der Waals surface area contributed by atoms with E-state index in [1.165, 1.54) is 7.11 Å². The second kappa shape index (κ2) is 8.71. The maximum Gasteiger partial charge on any atom is 0.337 e. The van der Waals surface area contributed by atoms with Crippen molar-refractivity contribution in [1.82, 2.24) is 19.8 Å². The Bertz CT molecular complexity index is 1080. The van der Waals surface area contributed by atoms with Gasteiger partial charge < -0.3 is 15.0 Å². The van der Waals surface area contributed by atoms with Crippen LogP contribution in [0.15, 0.2) is 36.4 Å². The number of benzene rings is 1. The molecule has 0 saturated carbocycles. The van der Waals surface area contributed by atoms with Gasteiger partial charge in [0.05, 0.1) is 12.7 Å². The maximum atomic E-state index is 12.7. The zero-order valence-electron chi connectivity index (χ0n) is 17.9. The first-order chi connectivity index (χ1) is 15.0. The fourth-order valence-corrected chi connectivity index (χ4v) is 3.75. The summed E-state index contributed by atoms with van der Waals surface area (Å²) in [5.74, 6) is 1.46. The van der Waals surface area contributed by atoms with Gasteiger partial charge in [0.15, 0.2) is 11.5 Å². The van der Waals surface area contributed by atoms with E-state index in [0.29, 0.717) is 11.3 Å². The third-order valence-electron chi connectivity index (χ3n) is 5.55. The molecule has 1 amide bonds. The molecule has 9 heteroatoms. The van der Waals surface area contributed by atoms with E-state index in [4.69, 9.17) is 9.84 Å². The Balaban J connectivity index is 1.37. The molecule has 0 spiro atoms. The zero-order chi connectivity index (χ0) is 22.0. The van der Waals surface area contributed by atoms with Crippen LogP contribution in [-0.4, -0.2) is 51.9 Å². The summed E-state index contributed by atoms with van der Waals surface area (Å²) in [6.45, 7) is 5.63. The van der Waals surface area contributed by atoms with E-state index in [2.05, 4.69) is 34.3 Å². The molecule has 1 aromatic carbocycles. The molecule has 1 N–H and O–H groups in total. The van der Waals surface area contributed by atoms with Crippen molar-refractivity contribution in [2.24, 2.45) is 5.92 Å². The first-order valence-electron chi connectivity index (χ1n) is 10.4. The minimum Gasteiger partial charge on any atom is -0.465 e. The van der Waals surface area contributed by atoms with Gasteiger partial charge >= 0.3 is 5.97 Å². The van der Waals surface area contributed by atoms with E-state index in [-0.39, 0.29) is 17.7 Å². The maximum absolute atomic E-state index is 12.7. The fraction of sp³-hybridized carbons (Fsp3) is 0.409. The Morgan fingerprint density at radius 1 is 1.06 bits per heavy atom. The number of fused-ring (bicyclic) bond motifs is 1. The van der Waals surface area contributed by atoms with Crippen molar-refractivity contribution in [2.45, 2.75) is 32.6 Å². The van der Waals surface area contributed by atoms with Crippen molar-refractivity contribution in [1.29, 1.82) is 0 Å². The van der Waals surface area contributed by atoms with Crippen molar-refractivity contribution in [3.05, 3.63) is 47.8 Å². The van der Waals surface area contributed by atoms with Gasteiger partial charge in [0.2, 0.25) is 5.91 Å². The Kier molecular flexibility index (Phi) is 5.83. The summed E-state index contributed by atoms with van der Waals surface area (Å²) in [7, 11) is 1.34. The Morgan fingerprint density at radius 3 is 2.42 bits per heavy atom. The molecular formula is C22H26N6O3. The van der Waals surface area contributed by atoms with E-state index in [0.717, 1.165) is 43.2 Å². The number of rotatable bonds is 5. The highest BCUT2D eigenvalue weighted by molar-refractivity contribution is 5.94. The predicted octanol–water partition coefficient (Wildman–Crippen LogP) is 2.89. The number of nitrogens with zero attached hydrogens (tertiary/aromatic N) is 5. The Hall–Kier alpha value is -3.49. The van der Waals surface area contributed by atoms with E-state index < -0.39 is 5.97 Å². The van der Waals surface area contributed by atoms with Gasteiger partial charge in [-0.15, -0.1) is 15.3 Å². The number of carbonyl (C=O) groups is 2. The lowest BCUT2D eigenvalue weighted by atomic mass is 9.95. The van der Waals surface area contributed by atoms with Gasteiger partial charge in [0, 0.05) is 30.6 Å². The summed E-state index contributed by atoms with van der Waals surface area (Å²) in [6.07, 6.45) is 1.48. The van der Waals surface area contributed by atoms with Gasteiger partial charge in [-0.25, -0.2) is 4.79 Å². The third kappa shape index (κ3) is 4.35. The van der Waals surface area contributed by atoms with Crippen LogP contribution >= 0.6 is 0 Å². The number of piperidine rings is 1. The average Bonchev–Trinajstić information content (AvgIpc) is 3.23. The highest BCUT2D eigenvalue weighted by atomic mass is 16.5. The van der Waals surface area contributed by atoms with Gasteiger partial charge in [0.1, 0.15) is 5.82 Å². The quantitative estimate of drug-likeness (QED) is 0.631. The van der Waals surface area contributed by atoms with Gasteiger partial charge in [-0.1, -0.05) is 13.8 Å². The van der Waals surface area contributed by atoms with Crippen LogP contribution in [0.25, 0.3) is 5.65 Å². The largest absolute Gasteiger partial charge is 0.465 e. The monoisotopic (exact) mass is 422 g/mol. The van der Waals surface area contributed by atoms with Crippen LogP contribution in [0.4, 0.5) is 11.5 Å². The van der Waals surface area contributed by atoms with Crippen molar-refractivity contribution in [2.75, 3.05) is 30.4 Å². The summed E-state index contributed by atoms with van der Waals surface area (Å²) in [4.78, 5) is 26.4. The molecule has 1 fully saturated rings. The molecule has 3 heterocycles. The molecule has 31 heavy (non-hydrogen) atoms. The second-order valence-corrected chi connectivity index (χ2v) is 7.99. The van der Waals surface area contributed by atoms with Gasteiger partial charge in [-0.2, -0.15) is 4.52 Å². The number of anilines is 2. The minimum atomic E-state index is -0.399. The van der Waals surface area contributed by atoms with Crippen molar-refractivity contribution >= 4 is 29.0 Å². The molecule has 1 aliphatic heterocycles. The van der Waals surface area contributed by atoms with Crippen LogP contribution in [-0.2, 0) is 9.53 Å². The predicted molar refractivity (Wildman–Crippen MR) is 116 cm³/mol. The summed E-state index contributed by atoms with van der Waals surface area (Å²) < 4.78 is 6.49. The SMILES string of the molecule is COC(=O)c1ccc(NC(=O)C2CCN(c3ccc4nnc(C(C)C)n4n3)CC2)cc1. The molecule has 0 aliphatic carbocycles. The summed E-state index contributed by atoms with van der Waals surface area (Å²) in [6, 6.07) is 10.6. The molecule has 9 nitrogen and oxygen atoms in total. The van der Waals surface area contributed by atoms with Crippen molar-refractivity contribution in [3.8, 4) is 0 Å². The number of hydrogen-bond donors (Lipinski definition) is 1. The summed E-state index contributed by atoms with van der Waals surface area (Å²) in [5.41, 5.74) is 1.85. The number of esters is 1. The van der Waals surface area contributed by atoms with Gasteiger partial charge in [-0.3, -0.25) is 4.79 Å². The third-order valence-corrected chi connectivity index (χ3v) is 5.55. The molecule has 0 atom stereocenters. The number of amides is 1. The molecule has 162 valence electrons. The average molecular weight is 422 g/mol. The van der Waals surface area contributed by atoms with Crippen molar-refractivity contribution < 1.29 is 14.3 Å². The topological polar surface area (TPSA) is 102 Å². The number of carbonyl (C=O) groups excluding carboxylic acids is 2. The highest BCUT2D eigenvalue weighted by Crippen LogP contribution is 2.24. The van der Waals surface area contributed by atoms with Crippen molar-refractivity contribution in [3.63, 3.8) is 0 Å². The molecule has 1 saturated heterocycles. The van der Waals surface area contributed by atoms with E-state index in [9.17, 15) is 9.59 Å². The minimum absolute atomic E-state index is 0.00483. The Morgan fingerprint density at radius 2 is 1.77 bits per heavy atom. The van der Waals surface area contributed by atoms with Crippen LogP contribution in [0.1, 0.15) is 48.8 Å². The van der Waals surface area contributed by atoms with E-state index in [1.807, 2.05) is 12.1 Å². The normalized spacial score (nSPS) is 14.8. The first kappa shape index (κ1) is 20.8. The van der Waals surface area contributed by atoms with Crippen LogP contribution < -0.4 is 10.2 Å². The van der Waals surface area contributed by atoms with Gasteiger partial charge in [-0.05, 0) is 49.2 Å². The lowest BCUT2D eigenvalue weighted by Crippen LogP contribution is -2.38. The molecule has 3 aromatic rings. The first-order valence-corrected chi connectivity index (χ1v) is 10.4. The summed E-state index contributed by atoms with van der Waals surface area (Å²) >= 11 is 0. The molecule has 0 bridgehead atoms. The van der Waals surface area contributed by atoms with E-state index >= 15 is 0 Å². The lowest BCUT2D eigenvalue weighted by molar-refractivity contribution is -0.120.